The maximum atomic E-state index is 11.1. The third kappa shape index (κ3) is 4.74. The van der Waals surface area contributed by atoms with Crippen molar-refractivity contribution in [2.45, 2.75) is 44.9 Å². The number of ether oxygens (including phenoxy) is 4. The van der Waals surface area contributed by atoms with Crippen LogP contribution < -0.4 is 29.8 Å². The summed E-state index contributed by atoms with van der Waals surface area (Å²) in [6, 6.07) is 17.7. The fourth-order valence-electron chi connectivity index (χ4n) is 4.93. The first-order valence-electron chi connectivity index (χ1n) is 12.1. The van der Waals surface area contributed by atoms with Crippen LogP contribution in [0.1, 0.15) is 48.1 Å². The number of benzene rings is 3. The van der Waals surface area contributed by atoms with Crippen LogP contribution in [-0.4, -0.2) is 31.5 Å². The van der Waals surface area contributed by atoms with E-state index in [2.05, 4.69) is 42.9 Å². The zero-order chi connectivity index (χ0) is 24.4. The van der Waals surface area contributed by atoms with Gasteiger partial charge >= 0.3 is 0 Å². The van der Waals surface area contributed by atoms with Gasteiger partial charge in [-0.05, 0) is 60.4 Å². The largest absolute Gasteiger partial charge is 0.507 e. The van der Waals surface area contributed by atoms with E-state index in [1.54, 1.807) is 13.2 Å². The molecule has 3 aromatic carbocycles. The van der Waals surface area contributed by atoms with Crippen LogP contribution in [0.4, 0.5) is 0 Å². The van der Waals surface area contributed by atoms with Gasteiger partial charge in [-0.15, -0.1) is 0 Å². The van der Waals surface area contributed by atoms with Crippen LogP contribution in [0.15, 0.2) is 54.6 Å². The molecule has 3 N–H and O–H groups in total. The fourth-order valence-corrected chi connectivity index (χ4v) is 4.93. The average molecular weight is 477 g/mol. The molecule has 0 saturated carbocycles. The van der Waals surface area contributed by atoms with Crippen molar-refractivity contribution < 1.29 is 24.1 Å². The van der Waals surface area contributed by atoms with Crippen molar-refractivity contribution in [3.63, 3.8) is 0 Å². The molecule has 3 atom stereocenters. The smallest absolute Gasteiger partial charge is 0.161 e. The lowest BCUT2D eigenvalue weighted by Crippen LogP contribution is -2.29. The monoisotopic (exact) mass is 476 g/mol. The number of aromatic hydroxyl groups is 1. The highest BCUT2D eigenvalue weighted by Crippen LogP contribution is 2.44. The lowest BCUT2D eigenvalue weighted by molar-refractivity contribution is 0.171. The van der Waals surface area contributed by atoms with E-state index in [0.29, 0.717) is 25.6 Å². The molecule has 35 heavy (non-hydrogen) atoms. The van der Waals surface area contributed by atoms with Crippen molar-refractivity contribution in [1.82, 2.24) is 10.9 Å². The van der Waals surface area contributed by atoms with Gasteiger partial charge < -0.3 is 24.1 Å². The van der Waals surface area contributed by atoms with Crippen molar-refractivity contribution in [3.05, 3.63) is 76.9 Å². The lowest BCUT2D eigenvalue weighted by atomic mass is 9.83. The number of phenolic OH excluding ortho intramolecular Hbond substituents is 1. The van der Waals surface area contributed by atoms with Gasteiger partial charge in [-0.2, -0.15) is 0 Å². The Morgan fingerprint density at radius 3 is 2.63 bits per heavy atom. The number of hydrogen-bond acceptors (Lipinski definition) is 7. The molecule has 0 aliphatic carbocycles. The molecule has 7 heteroatoms. The number of rotatable bonds is 7. The van der Waals surface area contributed by atoms with Gasteiger partial charge in [0.1, 0.15) is 37.1 Å². The highest BCUT2D eigenvalue weighted by Gasteiger charge is 2.37. The molecule has 0 amide bonds. The molecule has 1 saturated heterocycles. The number of methoxy groups -OCH3 is 1. The number of hydrogen-bond donors (Lipinski definition) is 3. The van der Waals surface area contributed by atoms with Gasteiger partial charge in [0, 0.05) is 23.6 Å². The van der Waals surface area contributed by atoms with E-state index in [-0.39, 0.29) is 23.8 Å². The molecule has 7 nitrogen and oxygen atoms in total. The van der Waals surface area contributed by atoms with Gasteiger partial charge in [0.05, 0.1) is 13.2 Å². The maximum absolute atomic E-state index is 11.1. The highest BCUT2D eigenvalue weighted by atomic mass is 16.6. The van der Waals surface area contributed by atoms with Crippen LogP contribution in [0.5, 0.6) is 28.7 Å². The van der Waals surface area contributed by atoms with Crippen LogP contribution in [0.25, 0.3) is 0 Å². The predicted octanol–water partition coefficient (Wildman–Crippen LogP) is 4.63. The first kappa shape index (κ1) is 23.3. The second-order valence-corrected chi connectivity index (χ2v) is 9.00. The molecule has 3 unspecified atom stereocenters. The third-order valence-electron chi connectivity index (χ3n) is 6.77. The van der Waals surface area contributed by atoms with Gasteiger partial charge in [-0.1, -0.05) is 25.1 Å². The second-order valence-electron chi connectivity index (χ2n) is 9.00. The third-order valence-corrected chi connectivity index (χ3v) is 6.77. The summed E-state index contributed by atoms with van der Waals surface area (Å²) < 4.78 is 22.9. The number of fused-ring (bicyclic) bond motifs is 1. The molecule has 2 aliphatic heterocycles. The quantitative estimate of drug-likeness (QED) is 0.459. The van der Waals surface area contributed by atoms with E-state index in [4.69, 9.17) is 18.9 Å². The van der Waals surface area contributed by atoms with E-state index < -0.39 is 0 Å². The zero-order valence-corrected chi connectivity index (χ0v) is 20.3. The molecule has 3 aromatic rings. The van der Waals surface area contributed by atoms with Crippen LogP contribution >= 0.6 is 0 Å². The van der Waals surface area contributed by atoms with Crippen LogP contribution in [-0.2, 0) is 13.0 Å². The van der Waals surface area contributed by atoms with Gasteiger partial charge in [-0.25, -0.2) is 5.43 Å². The van der Waals surface area contributed by atoms with Crippen molar-refractivity contribution in [2.75, 3.05) is 20.3 Å². The fraction of sp³-hybridized carbons (Fsp3) is 0.357. The summed E-state index contributed by atoms with van der Waals surface area (Å²) in [7, 11) is 1.65. The van der Waals surface area contributed by atoms with E-state index in [0.717, 1.165) is 45.9 Å². The first-order chi connectivity index (χ1) is 17.1. The van der Waals surface area contributed by atoms with E-state index in [1.807, 2.05) is 30.3 Å². The lowest BCUT2D eigenvalue weighted by Gasteiger charge is -2.26. The van der Waals surface area contributed by atoms with Crippen molar-refractivity contribution in [1.29, 1.82) is 0 Å². The first-order valence-corrected chi connectivity index (χ1v) is 12.1. The SMILES string of the molecule is CCc1cc(C2NNC(C)C2c2ccc3c(c2)OCCO3)c(O)cc1OCc1cccc(OC)c1. The topological polar surface area (TPSA) is 81.2 Å². The summed E-state index contributed by atoms with van der Waals surface area (Å²) >= 11 is 0. The molecule has 1 fully saturated rings. The minimum Gasteiger partial charge on any atom is -0.507 e. The number of hydrazine groups is 1. The molecule has 184 valence electrons. The van der Waals surface area contributed by atoms with Gasteiger partial charge in [0.25, 0.3) is 0 Å². The minimum atomic E-state index is -0.120. The Morgan fingerprint density at radius 1 is 1.00 bits per heavy atom. The summed E-state index contributed by atoms with van der Waals surface area (Å²) in [6.45, 7) is 5.74. The Hall–Kier alpha value is -3.42. The Balaban J connectivity index is 1.41. The van der Waals surface area contributed by atoms with Gasteiger partial charge in [0.15, 0.2) is 11.5 Å². The highest BCUT2D eigenvalue weighted by molar-refractivity contribution is 5.51. The van der Waals surface area contributed by atoms with Crippen LogP contribution in [0.3, 0.4) is 0 Å². The van der Waals surface area contributed by atoms with Crippen molar-refractivity contribution >= 4 is 0 Å². The average Bonchev–Trinajstić information content (AvgIpc) is 3.28. The van der Waals surface area contributed by atoms with Crippen molar-refractivity contribution in [3.8, 4) is 28.7 Å². The Morgan fingerprint density at radius 2 is 1.83 bits per heavy atom. The molecule has 5 rings (SSSR count). The Kier molecular flexibility index (Phi) is 6.70. The molecular formula is C28H32N2O5. The maximum Gasteiger partial charge on any atom is 0.161 e. The number of nitrogens with one attached hydrogen (secondary N) is 2. The van der Waals surface area contributed by atoms with E-state index in [1.165, 1.54) is 0 Å². The molecule has 0 bridgehead atoms. The Labute approximate surface area is 206 Å². The molecule has 0 aromatic heterocycles. The van der Waals surface area contributed by atoms with Crippen LogP contribution in [0.2, 0.25) is 0 Å². The normalized spacial score (nSPS) is 21.1. The van der Waals surface area contributed by atoms with E-state index in [9.17, 15) is 5.11 Å². The molecule has 0 spiro atoms. The second kappa shape index (κ2) is 10.1. The molecule has 2 aliphatic rings. The van der Waals surface area contributed by atoms with Gasteiger partial charge in [0.2, 0.25) is 0 Å². The molecule has 0 radical (unpaired) electrons. The van der Waals surface area contributed by atoms with E-state index >= 15 is 0 Å². The number of aryl methyl sites for hydroxylation is 1. The molecular weight excluding hydrogens is 444 g/mol. The van der Waals surface area contributed by atoms with Crippen molar-refractivity contribution in [2.24, 2.45) is 0 Å². The summed E-state index contributed by atoms with van der Waals surface area (Å²) in [6.07, 6.45) is 0.783. The number of phenols is 1. The zero-order valence-electron chi connectivity index (χ0n) is 20.3. The summed E-state index contributed by atoms with van der Waals surface area (Å²) in [5.74, 6) is 3.32. The molecule has 2 heterocycles. The predicted molar refractivity (Wildman–Crippen MR) is 133 cm³/mol. The summed E-state index contributed by atoms with van der Waals surface area (Å²) in [4.78, 5) is 0. The summed E-state index contributed by atoms with van der Waals surface area (Å²) in [5, 5.41) is 11.1. The minimum absolute atomic E-state index is 0.0879. The summed E-state index contributed by atoms with van der Waals surface area (Å²) in [5.41, 5.74) is 10.8. The Bertz CT molecular complexity index is 1200. The standard InChI is InChI=1S/C28H32N2O5/c1-4-19-13-22(23(31)15-25(19)35-16-18-6-5-7-21(12-18)32-3)28-27(17(2)29-30-28)20-8-9-24-26(14-20)34-11-10-33-24/h5-9,12-15,17,27-31H,4,10-11,16H2,1-3H3. The van der Waals surface area contributed by atoms with Crippen LogP contribution in [0, 0.1) is 0 Å². The van der Waals surface area contributed by atoms with Gasteiger partial charge in [-0.3, -0.25) is 5.43 Å².